The quantitative estimate of drug-likeness (QED) is 0.840. The summed E-state index contributed by atoms with van der Waals surface area (Å²) < 4.78 is 0. The minimum Gasteiger partial charge on any atom is -0.341 e. The topological polar surface area (TPSA) is 72.8 Å². The average molecular weight is 252 g/mol. The number of rotatable bonds is 1. The number of aryl methyl sites for hydroxylation is 1. The molecule has 94 valence electrons. The molecular formula is C14H12N4O. The third kappa shape index (κ3) is 1.69. The number of carbonyl (C=O) groups excluding carboxylic acids is 1. The highest BCUT2D eigenvalue weighted by molar-refractivity contribution is 6.01. The molecule has 2 heterocycles. The summed E-state index contributed by atoms with van der Waals surface area (Å²) in [6.45, 7) is 1.81. The van der Waals surface area contributed by atoms with Crippen LogP contribution in [0.3, 0.4) is 0 Å². The molecular weight excluding hydrogens is 240 g/mol. The van der Waals surface area contributed by atoms with E-state index in [1.54, 1.807) is 11.9 Å². The fourth-order valence-electron chi connectivity index (χ4n) is 2.41. The van der Waals surface area contributed by atoms with Crippen LogP contribution in [-0.2, 0) is 11.2 Å². The Balaban J connectivity index is 2.12. The molecule has 0 saturated heterocycles. The van der Waals surface area contributed by atoms with E-state index >= 15 is 0 Å². The van der Waals surface area contributed by atoms with Crippen molar-refractivity contribution in [2.45, 2.75) is 13.3 Å². The van der Waals surface area contributed by atoms with E-state index in [1.165, 1.54) is 0 Å². The molecule has 3 rings (SSSR count). The third-order valence-electron chi connectivity index (χ3n) is 3.37. The second-order valence-corrected chi connectivity index (χ2v) is 4.63. The molecule has 5 heteroatoms. The second-order valence-electron chi connectivity index (χ2n) is 4.63. The Morgan fingerprint density at radius 3 is 3.00 bits per heavy atom. The van der Waals surface area contributed by atoms with Crippen molar-refractivity contribution in [1.29, 1.82) is 5.26 Å². The molecule has 1 amide bonds. The predicted molar refractivity (Wildman–Crippen MR) is 70.6 cm³/mol. The summed E-state index contributed by atoms with van der Waals surface area (Å²) in [6.07, 6.45) is 0.411. The SMILES string of the molecule is Cc1nc(C#N)c(-c2ccc3c(c2)CC(=O)N3C)[nH]1. The van der Waals surface area contributed by atoms with Gasteiger partial charge in [-0.2, -0.15) is 5.26 Å². The Kier molecular flexibility index (Phi) is 2.39. The molecule has 0 saturated carbocycles. The summed E-state index contributed by atoms with van der Waals surface area (Å²) in [5.74, 6) is 0.800. The number of aromatic nitrogens is 2. The summed E-state index contributed by atoms with van der Waals surface area (Å²) >= 11 is 0. The Morgan fingerprint density at radius 2 is 2.26 bits per heavy atom. The molecule has 1 aromatic carbocycles. The van der Waals surface area contributed by atoms with Crippen LogP contribution in [0.4, 0.5) is 5.69 Å². The van der Waals surface area contributed by atoms with Crippen LogP contribution in [0, 0.1) is 18.3 Å². The van der Waals surface area contributed by atoms with Crippen molar-refractivity contribution in [1.82, 2.24) is 9.97 Å². The van der Waals surface area contributed by atoms with Crippen LogP contribution in [0.25, 0.3) is 11.3 Å². The number of H-pyrrole nitrogens is 1. The smallest absolute Gasteiger partial charge is 0.231 e. The third-order valence-corrected chi connectivity index (χ3v) is 3.37. The lowest BCUT2D eigenvalue weighted by atomic mass is 10.0. The van der Waals surface area contributed by atoms with Crippen molar-refractivity contribution >= 4 is 11.6 Å². The number of likely N-dealkylation sites (N-methyl/N-ethyl adjacent to an activating group) is 1. The zero-order valence-electron chi connectivity index (χ0n) is 10.7. The van der Waals surface area contributed by atoms with Crippen molar-refractivity contribution in [3.8, 4) is 17.3 Å². The number of fused-ring (bicyclic) bond motifs is 1. The van der Waals surface area contributed by atoms with Gasteiger partial charge in [-0.15, -0.1) is 0 Å². The summed E-state index contributed by atoms with van der Waals surface area (Å²) in [6, 6.07) is 7.84. The Morgan fingerprint density at radius 1 is 1.47 bits per heavy atom. The summed E-state index contributed by atoms with van der Waals surface area (Å²) in [7, 11) is 1.77. The fourth-order valence-corrected chi connectivity index (χ4v) is 2.41. The zero-order valence-corrected chi connectivity index (χ0v) is 10.7. The van der Waals surface area contributed by atoms with E-state index in [2.05, 4.69) is 16.0 Å². The van der Waals surface area contributed by atoms with Gasteiger partial charge in [0.15, 0.2) is 5.69 Å². The van der Waals surface area contributed by atoms with E-state index in [0.29, 0.717) is 23.6 Å². The molecule has 0 aliphatic carbocycles. The molecule has 0 bridgehead atoms. The van der Waals surface area contributed by atoms with Gasteiger partial charge >= 0.3 is 0 Å². The normalized spacial score (nSPS) is 13.5. The number of nitrogens with zero attached hydrogens (tertiary/aromatic N) is 3. The largest absolute Gasteiger partial charge is 0.341 e. The standard InChI is InChI=1S/C14H12N4O/c1-8-16-11(7-15)14(17-8)9-3-4-12-10(5-9)6-13(19)18(12)2/h3-5H,6H2,1-2H3,(H,16,17). The summed E-state index contributed by atoms with van der Waals surface area (Å²) in [5, 5.41) is 9.08. The highest BCUT2D eigenvalue weighted by atomic mass is 16.2. The van der Waals surface area contributed by atoms with E-state index in [4.69, 9.17) is 5.26 Å². The van der Waals surface area contributed by atoms with Gasteiger partial charge in [-0.25, -0.2) is 4.98 Å². The maximum Gasteiger partial charge on any atom is 0.231 e. The first-order chi connectivity index (χ1) is 9.10. The van der Waals surface area contributed by atoms with Gasteiger partial charge < -0.3 is 9.88 Å². The van der Waals surface area contributed by atoms with E-state index in [0.717, 1.165) is 16.8 Å². The van der Waals surface area contributed by atoms with Crippen LogP contribution in [0.15, 0.2) is 18.2 Å². The molecule has 2 aromatic rings. The van der Waals surface area contributed by atoms with Crippen molar-refractivity contribution in [3.63, 3.8) is 0 Å². The number of nitrogens with one attached hydrogen (secondary N) is 1. The average Bonchev–Trinajstić information content (AvgIpc) is 2.91. The van der Waals surface area contributed by atoms with E-state index < -0.39 is 0 Å². The monoisotopic (exact) mass is 252 g/mol. The molecule has 0 spiro atoms. The minimum atomic E-state index is 0.0912. The van der Waals surface area contributed by atoms with Crippen LogP contribution >= 0.6 is 0 Å². The number of imidazole rings is 1. The van der Waals surface area contributed by atoms with Crippen molar-refractivity contribution in [3.05, 3.63) is 35.3 Å². The molecule has 1 aliphatic rings. The number of amides is 1. The van der Waals surface area contributed by atoms with E-state index in [-0.39, 0.29) is 5.91 Å². The second kappa shape index (κ2) is 3.95. The lowest BCUT2D eigenvalue weighted by molar-refractivity contribution is -0.117. The Hall–Kier alpha value is -2.61. The molecule has 1 N–H and O–H groups in total. The number of benzene rings is 1. The van der Waals surface area contributed by atoms with Crippen LogP contribution < -0.4 is 4.90 Å². The van der Waals surface area contributed by atoms with Crippen LogP contribution in [0.2, 0.25) is 0 Å². The van der Waals surface area contributed by atoms with Crippen molar-refractivity contribution in [2.75, 3.05) is 11.9 Å². The summed E-state index contributed by atoms with van der Waals surface area (Å²) in [5.41, 5.74) is 3.91. The van der Waals surface area contributed by atoms with E-state index in [1.807, 2.05) is 25.1 Å². The van der Waals surface area contributed by atoms with Crippen LogP contribution in [0.1, 0.15) is 17.1 Å². The van der Waals surface area contributed by atoms with Crippen LogP contribution in [0.5, 0.6) is 0 Å². The number of carbonyl (C=O) groups is 1. The molecule has 19 heavy (non-hydrogen) atoms. The first-order valence-corrected chi connectivity index (χ1v) is 5.96. The molecule has 5 nitrogen and oxygen atoms in total. The minimum absolute atomic E-state index is 0.0912. The Labute approximate surface area is 110 Å². The molecule has 0 radical (unpaired) electrons. The predicted octanol–water partition coefficient (Wildman–Crippen LogP) is 1.78. The highest BCUT2D eigenvalue weighted by Crippen LogP contribution is 2.32. The first kappa shape index (κ1) is 11.5. The number of nitriles is 1. The molecule has 1 aromatic heterocycles. The van der Waals surface area contributed by atoms with Gasteiger partial charge in [-0.3, -0.25) is 4.79 Å². The van der Waals surface area contributed by atoms with Gasteiger partial charge in [0.05, 0.1) is 12.1 Å². The van der Waals surface area contributed by atoms with Gasteiger partial charge in [0.25, 0.3) is 0 Å². The lowest BCUT2D eigenvalue weighted by Gasteiger charge is -2.10. The lowest BCUT2D eigenvalue weighted by Crippen LogP contribution is -2.20. The van der Waals surface area contributed by atoms with Gasteiger partial charge in [0.2, 0.25) is 5.91 Å². The molecule has 0 unspecified atom stereocenters. The van der Waals surface area contributed by atoms with Gasteiger partial charge in [-0.05, 0) is 24.6 Å². The van der Waals surface area contributed by atoms with Gasteiger partial charge in [0.1, 0.15) is 11.9 Å². The maximum atomic E-state index is 11.7. The fraction of sp³-hybridized carbons (Fsp3) is 0.214. The van der Waals surface area contributed by atoms with Gasteiger partial charge in [0, 0.05) is 18.3 Å². The number of aromatic amines is 1. The molecule has 1 aliphatic heterocycles. The van der Waals surface area contributed by atoms with E-state index in [9.17, 15) is 4.79 Å². The highest BCUT2D eigenvalue weighted by Gasteiger charge is 2.24. The van der Waals surface area contributed by atoms with Crippen LogP contribution in [-0.4, -0.2) is 22.9 Å². The molecule has 0 atom stereocenters. The number of hydrogen-bond donors (Lipinski definition) is 1. The van der Waals surface area contributed by atoms with Crippen molar-refractivity contribution < 1.29 is 4.79 Å². The first-order valence-electron chi connectivity index (χ1n) is 5.96. The van der Waals surface area contributed by atoms with Gasteiger partial charge in [-0.1, -0.05) is 6.07 Å². The molecule has 0 fully saturated rings. The number of anilines is 1. The number of hydrogen-bond acceptors (Lipinski definition) is 3. The Bertz CT molecular complexity index is 724. The zero-order chi connectivity index (χ0) is 13.6. The maximum absolute atomic E-state index is 11.7. The van der Waals surface area contributed by atoms with Crippen molar-refractivity contribution in [2.24, 2.45) is 0 Å². The summed E-state index contributed by atoms with van der Waals surface area (Å²) in [4.78, 5) is 20.5.